The van der Waals surface area contributed by atoms with Gasteiger partial charge < -0.3 is 9.30 Å². The van der Waals surface area contributed by atoms with Crippen LogP contribution >= 0.6 is 0 Å². The Bertz CT molecular complexity index is 1240. The summed E-state index contributed by atoms with van der Waals surface area (Å²) < 4.78 is 7.64. The molecule has 0 atom stereocenters. The summed E-state index contributed by atoms with van der Waals surface area (Å²) >= 11 is 0. The molecule has 32 heavy (non-hydrogen) atoms. The van der Waals surface area contributed by atoms with Crippen molar-refractivity contribution in [1.29, 1.82) is 0 Å². The molecule has 0 aliphatic rings. The maximum Gasteiger partial charge on any atom is 0.412 e. The summed E-state index contributed by atoms with van der Waals surface area (Å²) in [6.07, 6.45) is 4.56. The van der Waals surface area contributed by atoms with Gasteiger partial charge in [0.2, 0.25) is 0 Å². The Balaban J connectivity index is 1.64. The standard InChI is InChI=1S/C26H30N4O2/c1-5-6-11-23-29-22-16-27-21-10-8-7-9-20(21)24(22)30(23)17-18-12-14-19(15-13-18)28-25(31)32-26(2,3)4/h7-10,12-16H,5-6,11,17H2,1-4H3,(H,28,31). The number of carbonyl (C=O) groups excluding carboxylic acids is 1. The molecule has 2 aromatic heterocycles. The smallest absolute Gasteiger partial charge is 0.412 e. The minimum atomic E-state index is -0.529. The molecular formula is C26H30N4O2. The van der Waals surface area contributed by atoms with Crippen molar-refractivity contribution in [2.75, 3.05) is 5.32 Å². The van der Waals surface area contributed by atoms with E-state index in [0.29, 0.717) is 12.2 Å². The van der Waals surface area contributed by atoms with E-state index < -0.39 is 11.7 Å². The van der Waals surface area contributed by atoms with Gasteiger partial charge in [0.25, 0.3) is 0 Å². The van der Waals surface area contributed by atoms with Crippen LogP contribution in [0.2, 0.25) is 0 Å². The number of hydrogen-bond donors (Lipinski definition) is 1. The molecule has 4 aromatic rings. The number of nitrogens with zero attached hydrogens (tertiary/aromatic N) is 3. The van der Waals surface area contributed by atoms with Crippen LogP contribution < -0.4 is 5.32 Å². The van der Waals surface area contributed by atoms with E-state index in [1.165, 1.54) is 0 Å². The minimum absolute atomic E-state index is 0.452. The number of anilines is 1. The summed E-state index contributed by atoms with van der Waals surface area (Å²) in [6.45, 7) is 8.44. The number of fused-ring (bicyclic) bond motifs is 3. The molecule has 1 N–H and O–H groups in total. The topological polar surface area (TPSA) is 69.0 Å². The van der Waals surface area contributed by atoms with E-state index in [4.69, 9.17) is 9.72 Å². The van der Waals surface area contributed by atoms with Gasteiger partial charge in [0.15, 0.2) is 0 Å². The molecule has 6 nitrogen and oxygen atoms in total. The van der Waals surface area contributed by atoms with Gasteiger partial charge >= 0.3 is 6.09 Å². The molecule has 0 unspecified atom stereocenters. The lowest BCUT2D eigenvalue weighted by atomic mass is 10.1. The van der Waals surface area contributed by atoms with Crippen molar-refractivity contribution in [1.82, 2.24) is 14.5 Å². The van der Waals surface area contributed by atoms with Crippen molar-refractivity contribution in [2.45, 2.75) is 59.1 Å². The number of nitrogens with one attached hydrogen (secondary N) is 1. The Labute approximate surface area is 188 Å². The maximum absolute atomic E-state index is 12.0. The van der Waals surface area contributed by atoms with Crippen LogP contribution in [0.15, 0.2) is 54.7 Å². The Morgan fingerprint density at radius 3 is 2.53 bits per heavy atom. The third-order valence-electron chi connectivity index (χ3n) is 5.25. The van der Waals surface area contributed by atoms with Gasteiger partial charge in [-0.3, -0.25) is 10.3 Å². The first kappa shape index (κ1) is 21.8. The normalized spacial score (nSPS) is 11.8. The predicted octanol–water partition coefficient (Wildman–Crippen LogP) is 6.32. The van der Waals surface area contributed by atoms with E-state index in [1.54, 1.807) is 0 Å². The molecule has 0 aliphatic carbocycles. The SMILES string of the molecule is CCCCc1nc2cnc3ccccc3c2n1Cc1ccc(NC(=O)OC(C)(C)C)cc1. The van der Waals surface area contributed by atoms with Crippen molar-refractivity contribution < 1.29 is 9.53 Å². The number of imidazole rings is 1. The fourth-order valence-corrected chi connectivity index (χ4v) is 3.80. The van der Waals surface area contributed by atoms with E-state index in [2.05, 4.69) is 27.9 Å². The second-order valence-corrected chi connectivity index (χ2v) is 9.05. The van der Waals surface area contributed by atoms with Gasteiger partial charge in [0, 0.05) is 24.0 Å². The lowest BCUT2D eigenvalue weighted by molar-refractivity contribution is 0.0636. The van der Waals surface area contributed by atoms with Gasteiger partial charge in [-0.1, -0.05) is 43.7 Å². The van der Waals surface area contributed by atoms with Crippen LogP contribution in [0.4, 0.5) is 10.5 Å². The average molecular weight is 431 g/mol. The van der Waals surface area contributed by atoms with E-state index in [1.807, 2.05) is 69.4 Å². The quantitative estimate of drug-likeness (QED) is 0.388. The zero-order valence-electron chi connectivity index (χ0n) is 19.2. The highest BCUT2D eigenvalue weighted by atomic mass is 16.6. The number of aromatic nitrogens is 3. The summed E-state index contributed by atoms with van der Waals surface area (Å²) in [5.74, 6) is 1.08. The van der Waals surface area contributed by atoms with Gasteiger partial charge in [0.1, 0.15) is 16.9 Å². The van der Waals surface area contributed by atoms with Crippen molar-refractivity contribution >= 4 is 33.7 Å². The largest absolute Gasteiger partial charge is 0.444 e. The van der Waals surface area contributed by atoms with E-state index in [0.717, 1.165) is 52.6 Å². The minimum Gasteiger partial charge on any atom is -0.444 e. The number of aryl methyl sites for hydroxylation is 1. The van der Waals surface area contributed by atoms with Crippen molar-refractivity contribution in [2.24, 2.45) is 0 Å². The van der Waals surface area contributed by atoms with Gasteiger partial charge in [-0.25, -0.2) is 9.78 Å². The number of rotatable bonds is 6. The van der Waals surface area contributed by atoms with Crippen molar-refractivity contribution in [3.05, 3.63) is 66.1 Å². The number of ether oxygens (including phenoxy) is 1. The summed E-state index contributed by atoms with van der Waals surface area (Å²) in [5.41, 5.74) is 4.34. The monoisotopic (exact) mass is 430 g/mol. The molecule has 0 saturated carbocycles. The average Bonchev–Trinajstić information content (AvgIpc) is 3.10. The summed E-state index contributed by atoms with van der Waals surface area (Å²) in [7, 11) is 0. The second kappa shape index (κ2) is 8.99. The number of hydrogen-bond acceptors (Lipinski definition) is 4. The fourth-order valence-electron chi connectivity index (χ4n) is 3.80. The number of para-hydroxylation sites is 1. The molecule has 0 saturated heterocycles. The zero-order chi connectivity index (χ0) is 22.7. The van der Waals surface area contributed by atoms with Crippen LogP contribution in [0.1, 0.15) is 51.9 Å². The maximum atomic E-state index is 12.0. The van der Waals surface area contributed by atoms with Crippen molar-refractivity contribution in [3.63, 3.8) is 0 Å². The molecule has 0 fully saturated rings. The molecule has 2 aromatic carbocycles. The van der Waals surface area contributed by atoms with E-state index >= 15 is 0 Å². The Morgan fingerprint density at radius 2 is 1.81 bits per heavy atom. The highest BCUT2D eigenvalue weighted by Gasteiger charge is 2.17. The molecule has 1 amide bonds. The van der Waals surface area contributed by atoms with Gasteiger partial charge in [-0.15, -0.1) is 0 Å². The number of benzene rings is 2. The van der Waals surface area contributed by atoms with Crippen LogP contribution in [0.5, 0.6) is 0 Å². The molecule has 0 bridgehead atoms. The molecule has 4 rings (SSSR count). The molecule has 6 heteroatoms. The third-order valence-corrected chi connectivity index (χ3v) is 5.25. The lowest BCUT2D eigenvalue weighted by Crippen LogP contribution is -2.27. The highest BCUT2D eigenvalue weighted by molar-refractivity contribution is 6.02. The first-order valence-corrected chi connectivity index (χ1v) is 11.2. The zero-order valence-corrected chi connectivity index (χ0v) is 19.2. The second-order valence-electron chi connectivity index (χ2n) is 9.05. The van der Waals surface area contributed by atoms with Crippen molar-refractivity contribution in [3.8, 4) is 0 Å². The van der Waals surface area contributed by atoms with Crippen LogP contribution in [-0.4, -0.2) is 26.2 Å². The number of amides is 1. The number of unbranched alkanes of at least 4 members (excludes halogenated alkanes) is 1. The summed E-state index contributed by atoms with van der Waals surface area (Å²) in [5, 5.41) is 3.90. The van der Waals surface area contributed by atoms with Gasteiger partial charge in [-0.05, 0) is 51.0 Å². The third kappa shape index (κ3) is 4.90. The number of pyridine rings is 1. The van der Waals surface area contributed by atoms with Crippen LogP contribution in [0, 0.1) is 0 Å². The molecule has 0 aliphatic heterocycles. The van der Waals surface area contributed by atoms with E-state index in [9.17, 15) is 4.79 Å². The van der Waals surface area contributed by atoms with E-state index in [-0.39, 0.29) is 0 Å². The molecule has 166 valence electrons. The summed E-state index contributed by atoms with van der Waals surface area (Å²) in [4.78, 5) is 21.5. The van der Waals surface area contributed by atoms with Gasteiger partial charge in [-0.2, -0.15) is 0 Å². The Hall–Kier alpha value is -3.41. The fraction of sp³-hybridized carbons (Fsp3) is 0.346. The molecule has 0 radical (unpaired) electrons. The highest BCUT2D eigenvalue weighted by Crippen LogP contribution is 2.26. The van der Waals surface area contributed by atoms with Crippen LogP contribution in [-0.2, 0) is 17.7 Å². The molecular weight excluding hydrogens is 400 g/mol. The number of carbonyl (C=O) groups is 1. The van der Waals surface area contributed by atoms with Gasteiger partial charge in [0.05, 0.1) is 17.2 Å². The van der Waals surface area contributed by atoms with Crippen LogP contribution in [0.25, 0.3) is 21.9 Å². The first-order chi connectivity index (χ1) is 15.3. The Kier molecular flexibility index (Phi) is 6.12. The molecule has 0 spiro atoms. The lowest BCUT2D eigenvalue weighted by Gasteiger charge is -2.19. The predicted molar refractivity (Wildman–Crippen MR) is 129 cm³/mol. The molecule has 2 heterocycles. The van der Waals surface area contributed by atoms with Crippen LogP contribution in [0.3, 0.4) is 0 Å². The Morgan fingerprint density at radius 1 is 1.06 bits per heavy atom. The summed E-state index contributed by atoms with van der Waals surface area (Å²) in [6, 6.07) is 16.1. The first-order valence-electron chi connectivity index (χ1n) is 11.2.